The van der Waals surface area contributed by atoms with Crippen molar-refractivity contribution in [2.24, 2.45) is 0 Å². The van der Waals surface area contributed by atoms with E-state index in [-0.39, 0.29) is 6.61 Å². The molecule has 0 amide bonds. The Morgan fingerprint density at radius 2 is 1.79 bits per heavy atom. The molecule has 1 aromatic rings. The lowest BCUT2D eigenvalue weighted by molar-refractivity contribution is 0.0132. The lowest BCUT2D eigenvalue weighted by Gasteiger charge is -2.46. The van der Waals surface area contributed by atoms with Crippen LogP contribution in [0.1, 0.15) is 45.1 Å². The first-order valence-corrected chi connectivity index (χ1v) is 11.3. The van der Waals surface area contributed by atoms with E-state index in [1.54, 1.807) is 0 Å². The van der Waals surface area contributed by atoms with Crippen molar-refractivity contribution in [2.45, 2.75) is 58.2 Å². The van der Waals surface area contributed by atoms with E-state index < -0.39 is 0 Å². The van der Waals surface area contributed by atoms with Crippen molar-refractivity contribution in [3.05, 3.63) is 29.8 Å². The van der Waals surface area contributed by atoms with Crippen LogP contribution in [0.2, 0.25) is 0 Å². The molecule has 2 heterocycles. The Morgan fingerprint density at radius 1 is 1.04 bits per heavy atom. The molecular weight excluding hydrogens is 350 g/mol. The number of nitrogens with zero attached hydrogens (tertiary/aromatic N) is 3. The van der Waals surface area contributed by atoms with E-state index in [2.05, 4.69) is 45.9 Å². The van der Waals surface area contributed by atoms with Gasteiger partial charge in [0, 0.05) is 44.9 Å². The molecule has 158 valence electrons. The summed E-state index contributed by atoms with van der Waals surface area (Å²) in [4.78, 5) is 7.89. The Balaban J connectivity index is 1.53. The van der Waals surface area contributed by atoms with Crippen molar-refractivity contribution < 1.29 is 9.84 Å². The summed E-state index contributed by atoms with van der Waals surface area (Å²) in [5.74, 6) is 0.942. The van der Waals surface area contributed by atoms with Gasteiger partial charge >= 0.3 is 0 Å². The molecule has 0 bridgehead atoms. The van der Waals surface area contributed by atoms with Crippen LogP contribution >= 0.6 is 0 Å². The van der Waals surface area contributed by atoms with Gasteiger partial charge in [-0.2, -0.15) is 0 Å². The Morgan fingerprint density at radius 3 is 2.43 bits per heavy atom. The molecule has 0 saturated carbocycles. The molecule has 0 unspecified atom stereocenters. The zero-order valence-electron chi connectivity index (χ0n) is 17.9. The standard InChI is InChI=1S/C23H39N3O2/c1-3-12-24-13-9-21(10-14-24)26-16-15-25(22(19-26)11-17-27)18-20-5-7-23(8-6-20)28-4-2/h5-8,21-22,27H,3-4,9-19H2,1-2H3/t22-/m1/s1. The Kier molecular flexibility index (Phi) is 8.59. The zero-order chi connectivity index (χ0) is 19.8. The number of hydrogen-bond donors (Lipinski definition) is 1. The van der Waals surface area contributed by atoms with Crippen LogP contribution in [0.25, 0.3) is 0 Å². The van der Waals surface area contributed by atoms with Crippen molar-refractivity contribution in [3.63, 3.8) is 0 Å². The molecule has 2 aliphatic rings. The highest BCUT2D eigenvalue weighted by molar-refractivity contribution is 5.27. The van der Waals surface area contributed by atoms with Crippen molar-refractivity contribution in [1.29, 1.82) is 0 Å². The number of aliphatic hydroxyl groups is 1. The minimum absolute atomic E-state index is 0.271. The van der Waals surface area contributed by atoms with Crippen molar-refractivity contribution in [1.82, 2.24) is 14.7 Å². The van der Waals surface area contributed by atoms with E-state index in [4.69, 9.17) is 4.74 Å². The van der Waals surface area contributed by atoms with Gasteiger partial charge in [0.1, 0.15) is 5.75 Å². The first-order valence-electron chi connectivity index (χ1n) is 11.3. The quantitative estimate of drug-likeness (QED) is 0.703. The number of benzene rings is 1. The lowest BCUT2D eigenvalue weighted by Crippen LogP contribution is -2.57. The minimum atomic E-state index is 0.271. The lowest BCUT2D eigenvalue weighted by atomic mass is 9.99. The molecule has 3 rings (SSSR count). The van der Waals surface area contributed by atoms with Crippen molar-refractivity contribution in [2.75, 3.05) is 52.5 Å². The maximum atomic E-state index is 9.62. The van der Waals surface area contributed by atoms with Gasteiger partial charge in [-0.25, -0.2) is 0 Å². The van der Waals surface area contributed by atoms with E-state index >= 15 is 0 Å². The van der Waals surface area contributed by atoms with Gasteiger partial charge in [0.15, 0.2) is 0 Å². The van der Waals surface area contributed by atoms with Gasteiger partial charge in [0.05, 0.1) is 6.61 Å². The van der Waals surface area contributed by atoms with Crippen LogP contribution in [-0.2, 0) is 6.54 Å². The third-order valence-electron chi connectivity index (χ3n) is 6.33. The predicted molar refractivity (Wildman–Crippen MR) is 115 cm³/mol. The summed E-state index contributed by atoms with van der Waals surface area (Å²) in [6.45, 7) is 13.3. The third-order valence-corrected chi connectivity index (χ3v) is 6.33. The van der Waals surface area contributed by atoms with E-state index in [0.717, 1.165) is 44.4 Å². The normalized spacial score (nSPS) is 23.2. The molecule has 2 fully saturated rings. The second-order valence-corrected chi connectivity index (χ2v) is 8.28. The van der Waals surface area contributed by atoms with Crippen LogP contribution in [0.4, 0.5) is 0 Å². The number of aliphatic hydroxyl groups excluding tert-OH is 1. The zero-order valence-corrected chi connectivity index (χ0v) is 17.9. The monoisotopic (exact) mass is 389 g/mol. The van der Waals surface area contributed by atoms with Crippen LogP contribution in [0.15, 0.2) is 24.3 Å². The fourth-order valence-corrected chi connectivity index (χ4v) is 4.80. The molecule has 0 radical (unpaired) electrons. The van der Waals surface area contributed by atoms with Crippen LogP contribution in [0.5, 0.6) is 5.75 Å². The topological polar surface area (TPSA) is 39.2 Å². The third kappa shape index (κ3) is 5.93. The van der Waals surface area contributed by atoms with Gasteiger partial charge in [-0.1, -0.05) is 19.1 Å². The Labute approximate surface area is 171 Å². The van der Waals surface area contributed by atoms with E-state index in [0.29, 0.717) is 12.6 Å². The van der Waals surface area contributed by atoms with Crippen LogP contribution in [0.3, 0.4) is 0 Å². The first-order chi connectivity index (χ1) is 13.7. The number of piperazine rings is 1. The van der Waals surface area contributed by atoms with E-state index in [1.165, 1.54) is 44.5 Å². The molecule has 0 spiro atoms. The molecule has 1 N–H and O–H groups in total. The molecule has 0 aromatic heterocycles. The van der Waals surface area contributed by atoms with Crippen LogP contribution < -0.4 is 4.74 Å². The number of piperidine rings is 1. The van der Waals surface area contributed by atoms with Gasteiger partial charge in [-0.05, 0) is 69.9 Å². The molecule has 2 aliphatic heterocycles. The highest BCUT2D eigenvalue weighted by Gasteiger charge is 2.32. The van der Waals surface area contributed by atoms with Crippen molar-refractivity contribution >= 4 is 0 Å². The van der Waals surface area contributed by atoms with Gasteiger partial charge < -0.3 is 14.7 Å². The summed E-state index contributed by atoms with van der Waals surface area (Å²) in [5.41, 5.74) is 1.33. The Bertz CT molecular complexity index is 557. The van der Waals surface area contributed by atoms with Gasteiger partial charge in [-0.15, -0.1) is 0 Å². The molecule has 1 aromatic carbocycles. The second kappa shape index (κ2) is 11.1. The maximum Gasteiger partial charge on any atom is 0.119 e. The SMILES string of the molecule is CCCN1CCC(N2CCN(Cc3ccc(OCC)cc3)[C@H](CCO)C2)CC1. The molecule has 2 saturated heterocycles. The fourth-order valence-electron chi connectivity index (χ4n) is 4.80. The number of ether oxygens (including phenoxy) is 1. The number of hydrogen-bond acceptors (Lipinski definition) is 5. The maximum absolute atomic E-state index is 9.62. The summed E-state index contributed by atoms with van der Waals surface area (Å²) in [5, 5.41) is 9.62. The number of likely N-dealkylation sites (tertiary alicyclic amines) is 1. The summed E-state index contributed by atoms with van der Waals surface area (Å²) >= 11 is 0. The van der Waals surface area contributed by atoms with Gasteiger partial charge in [-0.3, -0.25) is 9.80 Å². The molecule has 28 heavy (non-hydrogen) atoms. The average Bonchev–Trinajstić information content (AvgIpc) is 2.72. The summed E-state index contributed by atoms with van der Waals surface area (Å²) in [7, 11) is 0. The first kappa shape index (κ1) is 21.6. The second-order valence-electron chi connectivity index (χ2n) is 8.28. The summed E-state index contributed by atoms with van der Waals surface area (Å²) in [6.07, 6.45) is 4.71. The van der Waals surface area contributed by atoms with Gasteiger partial charge in [0.2, 0.25) is 0 Å². The highest BCUT2D eigenvalue weighted by atomic mass is 16.5. The molecule has 5 heteroatoms. The smallest absolute Gasteiger partial charge is 0.119 e. The Hall–Kier alpha value is -1.14. The highest BCUT2D eigenvalue weighted by Crippen LogP contribution is 2.23. The summed E-state index contributed by atoms with van der Waals surface area (Å²) in [6, 6.07) is 9.66. The van der Waals surface area contributed by atoms with E-state index in [9.17, 15) is 5.11 Å². The average molecular weight is 390 g/mol. The minimum Gasteiger partial charge on any atom is -0.494 e. The summed E-state index contributed by atoms with van der Waals surface area (Å²) < 4.78 is 5.56. The number of rotatable bonds is 9. The molecule has 0 aliphatic carbocycles. The van der Waals surface area contributed by atoms with Crippen LogP contribution in [-0.4, -0.2) is 84.4 Å². The molecular formula is C23H39N3O2. The van der Waals surface area contributed by atoms with Crippen molar-refractivity contribution in [3.8, 4) is 5.75 Å². The largest absolute Gasteiger partial charge is 0.494 e. The molecule has 5 nitrogen and oxygen atoms in total. The van der Waals surface area contributed by atoms with Crippen LogP contribution in [0, 0.1) is 0 Å². The molecule has 1 atom stereocenters. The van der Waals surface area contributed by atoms with E-state index in [1.807, 2.05) is 6.92 Å². The predicted octanol–water partition coefficient (Wildman–Crippen LogP) is 2.83. The van der Waals surface area contributed by atoms with Gasteiger partial charge in [0.25, 0.3) is 0 Å². The fraction of sp³-hybridized carbons (Fsp3) is 0.739.